The summed E-state index contributed by atoms with van der Waals surface area (Å²) in [4.78, 5) is 2.43. The standard InChI is InChI=1S/C10H20N2O/c1-12-5-4-11-10(8-12)9-2-6-13-7-3-9/h9-11H,2-8H2,1H3. The van der Waals surface area contributed by atoms with Crippen molar-refractivity contribution in [2.45, 2.75) is 18.9 Å². The lowest BCUT2D eigenvalue weighted by molar-refractivity contribution is 0.0435. The van der Waals surface area contributed by atoms with Gasteiger partial charge >= 0.3 is 0 Å². The topological polar surface area (TPSA) is 24.5 Å². The number of hydrogen-bond donors (Lipinski definition) is 1. The molecule has 3 nitrogen and oxygen atoms in total. The van der Waals surface area contributed by atoms with Crippen LogP contribution in [-0.4, -0.2) is 50.8 Å². The molecule has 0 spiro atoms. The molecule has 0 saturated carbocycles. The van der Waals surface area contributed by atoms with Crippen LogP contribution < -0.4 is 5.32 Å². The molecule has 2 rings (SSSR count). The lowest BCUT2D eigenvalue weighted by atomic mass is 9.90. The summed E-state index contributed by atoms with van der Waals surface area (Å²) >= 11 is 0. The molecule has 2 saturated heterocycles. The fourth-order valence-electron chi connectivity index (χ4n) is 2.37. The van der Waals surface area contributed by atoms with Gasteiger partial charge in [0, 0.05) is 38.9 Å². The van der Waals surface area contributed by atoms with E-state index in [1.54, 1.807) is 0 Å². The molecule has 13 heavy (non-hydrogen) atoms. The maximum Gasteiger partial charge on any atom is 0.0469 e. The van der Waals surface area contributed by atoms with E-state index in [0.717, 1.165) is 25.7 Å². The van der Waals surface area contributed by atoms with Gasteiger partial charge in [-0.05, 0) is 25.8 Å². The first-order valence-electron chi connectivity index (χ1n) is 5.36. The van der Waals surface area contributed by atoms with Crippen LogP contribution in [0.5, 0.6) is 0 Å². The van der Waals surface area contributed by atoms with Gasteiger partial charge in [0.15, 0.2) is 0 Å². The molecule has 1 unspecified atom stereocenters. The summed E-state index contributed by atoms with van der Waals surface area (Å²) in [6.45, 7) is 5.49. The molecule has 2 aliphatic heterocycles. The van der Waals surface area contributed by atoms with Crippen molar-refractivity contribution in [3.8, 4) is 0 Å². The second-order valence-electron chi connectivity index (χ2n) is 4.27. The average molecular weight is 184 g/mol. The molecule has 3 heteroatoms. The summed E-state index contributed by atoms with van der Waals surface area (Å²) in [5.74, 6) is 0.844. The third kappa shape index (κ3) is 2.42. The fourth-order valence-corrected chi connectivity index (χ4v) is 2.37. The molecule has 76 valence electrons. The number of nitrogens with zero attached hydrogens (tertiary/aromatic N) is 1. The van der Waals surface area contributed by atoms with E-state index in [9.17, 15) is 0 Å². The Labute approximate surface area is 80.4 Å². The van der Waals surface area contributed by atoms with E-state index < -0.39 is 0 Å². The molecule has 1 N–H and O–H groups in total. The summed E-state index contributed by atoms with van der Waals surface area (Å²) in [6.07, 6.45) is 2.48. The van der Waals surface area contributed by atoms with E-state index in [-0.39, 0.29) is 0 Å². The average Bonchev–Trinajstić information content (AvgIpc) is 2.19. The Kier molecular flexibility index (Phi) is 3.19. The van der Waals surface area contributed by atoms with Gasteiger partial charge in [0.2, 0.25) is 0 Å². The molecule has 2 fully saturated rings. The van der Waals surface area contributed by atoms with Crippen molar-refractivity contribution in [3.05, 3.63) is 0 Å². The molecule has 0 amide bonds. The maximum atomic E-state index is 5.38. The number of likely N-dealkylation sites (N-methyl/N-ethyl adjacent to an activating group) is 1. The summed E-state index contributed by atoms with van der Waals surface area (Å²) in [5.41, 5.74) is 0. The van der Waals surface area contributed by atoms with Crippen LogP contribution in [0.2, 0.25) is 0 Å². The lowest BCUT2D eigenvalue weighted by Crippen LogP contribution is -2.53. The molecule has 0 aromatic heterocycles. The maximum absolute atomic E-state index is 5.38. The van der Waals surface area contributed by atoms with E-state index in [1.807, 2.05) is 0 Å². The lowest BCUT2D eigenvalue weighted by Gasteiger charge is -2.37. The van der Waals surface area contributed by atoms with Crippen molar-refractivity contribution in [2.24, 2.45) is 5.92 Å². The van der Waals surface area contributed by atoms with Crippen molar-refractivity contribution < 1.29 is 4.74 Å². The zero-order valence-electron chi connectivity index (χ0n) is 8.46. The Hall–Kier alpha value is -0.120. The Morgan fingerprint density at radius 3 is 2.77 bits per heavy atom. The normalized spacial score (nSPS) is 33.5. The summed E-state index contributed by atoms with van der Waals surface area (Å²) in [6, 6.07) is 0.711. The van der Waals surface area contributed by atoms with E-state index in [0.29, 0.717) is 6.04 Å². The highest BCUT2D eigenvalue weighted by Crippen LogP contribution is 2.20. The third-order valence-corrected chi connectivity index (χ3v) is 3.24. The van der Waals surface area contributed by atoms with Gasteiger partial charge in [-0.1, -0.05) is 0 Å². The molecule has 2 aliphatic rings. The SMILES string of the molecule is CN1CCNC(C2CCOCC2)C1. The first-order valence-corrected chi connectivity index (χ1v) is 5.36. The fraction of sp³-hybridized carbons (Fsp3) is 1.00. The highest BCUT2D eigenvalue weighted by molar-refractivity contribution is 4.84. The van der Waals surface area contributed by atoms with Gasteiger partial charge in [-0.2, -0.15) is 0 Å². The van der Waals surface area contributed by atoms with Gasteiger partial charge in [-0.3, -0.25) is 0 Å². The predicted octanol–water partition coefficient (Wildman–Crippen LogP) is 0.317. The van der Waals surface area contributed by atoms with Crippen LogP contribution in [0.4, 0.5) is 0 Å². The van der Waals surface area contributed by atoms with Crippen molar-refractivity contribution in [1.29, 1.82) is 0 Å². The molecular weight excluding hydrogens is 164 g/mol. The minimum absolute atomic E-state index is 0.711. The molecule has 0 bridgehead atoms. The van der Waals surface area contributed by atoms with Crippen LogP contribution in [-0.2, 0) is 4.74 Å². The summed E-state index contributed by atoms with van der Waals surface area (Å²) < 4.78 is 5.38. The van der Waals surface area contributed by atoms with E-state index in [2.05, 4.69) is 17.3 Å². The first kappa shape index (κ1) is 9.44. The van der Waals surface area contributed by atoms with Crippen LogP contribution in [0, 0.1) is 5.92 Å². The summed E-state index contributed by atoms with van der Waals surface area (Å²) in [5, 5.41) is 3.62. The molecule has 2 heterocycles. The second kappa shape index (κ2) is 4.40. The summed E-state index contributed by atoms with van der Waals surface area (Å²) in [7, 11) is 2.22. The third-order valence-electron chi connectivity index (χ3n) is 3.24. The van der Waals surface area contributed by atoms with Gasteiger partial charge in [-0.15, -0.1) is 0 Å². The Bertz CT molecular complexity index is 157. The van der Waals surface area contributed by atoms with E-state index in [4.69, 9.17) is 4.74 Å². The first-order chi connectivity index (χ1) is 6.36. The largest absolute Gasteiger partial charge is 0.381 e. The number of hydrogen-bond acceptors (Lipinski definition) is 3. The highest BCUT2D eigenvalue weighted by Gasteiger charge is 2.26. The zero-order valence-corrected chi connectivity index (χ0v) is 8.46. The Morgan fingerprint density at radius 1 is 1.31 bits per heavy atom. The Morgan fingerprint density at radius 2 is 2.08 bits per heavy atom. The monoisotopic (exact) mass is 184 g/mol. The zero-order chi connectivity index (χ0) is 9.10. The number of rotatable bonds is 1. The van der Waals surface area contributed by atoms with E-state index in [1.165, 1.54) is 25.9 Å². The van der Waals surface area contributed by atoms with Crippen molar-refractivity contribution in [3.63, 3.8) is 0 Å². The van der Waals surface area contributed by atoms with Crippen LogP contribution in [0.1, 0.15) is 12.8 Å². The van der Waals surface area contributed by atoms with Crippen molar-refractivity contribution >= 4 is 0 Å². The number of ether oxygens (including phenoxy) is 1. The number of nitrogens with one attached hydrogen (secondary N) is 1. The smallest absolute Gasteiger partial charge is 0.0469 e. The van der Waals surface area contributed by atoms with Crippen molar-refractivity contribution in [2.75, 3.05) is 39.9 Å². The van der Waals surface area contributed by atoms with Crippen LogP contribution in [0.15, 0.2) is 0 Å². The van der Waals surface area contributed by atoms with E-state index >= 15 is 0 Å². The van der Waals surface area contributed by atoms with Gasteiger partial charge in [-0.25, -0.2) is 0 Å². The van der Waals surface area contributed by atoms with Crippen LogP contribution in [0.3, 0.4) is 0 Å². The molecular formula is C10H20N2O. The van der Waals surface area contributed by atoms with Gasteiger partial charge in [0.1, 0.15) is 0 Å². The van der Waals surface area contributed by atoms with Crippen LogP contribution >= 0.6 is 0 Å². The molecule has 0 aromatic carbocycles. The minimum Gasteiger partial charge on any atom is -0.381 e. The second-order valence-corrected chi connectivity index (χ2v) is 4.27. The molecule has 0 radical (unpaired) electrons. The van der Waals surface area contributed by atoms with Gasteiger partial charge in [0.25, 0.3) is 0 Å². The molecule has 0 aliphatic carbocycles. The quantitative estimate of drug-likeness (QED) is 0.635. The minimum atomic E-state index is 0.711. The van der Waals surface area contributed by atoms with Crippen molar-refractivity contribution in [1.82, 2.24) is 10.2 Å². The highest BCUT2D eigenvalue weighted by atomic mass is 16.5. The van der Waals surface area contributed by atoms with Gasteiger partial charge < -0.3 is 15.0 Å². The van der Waals surface area contributed by atoms with Gasteiger partial charge in [0.05, 0.1) is 0 Å². The number of piperazine rings is 1. The Balaban J connectivity index is 1.83. The molecule has 0 aromatic rings. The van der Waals surface area contributed by atoms with Crippen LogP contribution in [0.25, 0.3) is 0 Å². The predicted molar refractivity (Wildman–Crippen MR) is 52.8 cm³/mol. The molecule has 1 atom stereocenters.